The highest BCUT2D eigenvalue weighted by molar-refractivity contribution is 5.79. The summed E-state index contributed by atoms with van der Waals surface area (Å²) in [6.45, 7) is 3.04. The quantitative estimate of drug-likeness (QED) is 0.769. The lowest BCUT2D eigenvalue weighted by atomic mass is 10.2. The van der Waals surface area contributed by atoms with E-state index in [2.05, 4.69) is 22.2 Å². The number of aromatic nitrogens is 2. The monoisotopic (exact) mass is 331 g/mol. The van der Waals surface area contributed by atoms with Crippen LogP contribution in [0.5, 0.6) is 11.5 Å². The minimum Gasteiger partial charge on any atom is -0.497 e. The van der Waals surface area contributed by atoms with Gasteiger partial charge in [-0.3, -0.25) is 0 Å². The molecule has 2 aromatic rings. The molecule has 0 aliphatic heterocycles. The minimum atomic E-state index is 0.508. The van der Waals surface area contributed by atoms with E-state index in [0.717, 1.165) is 25.1 Å². The third-order valence-electron chi connectivity index (χ3n) is 3.73. The van der Waals surface area contributed by atoms with Gasteiger partial charge < -0.3 is 25.4 Å². The largest absolute Gasteiger partial charge is 0.497 e. The molecule has 1 heterocycles. The van der Waals surface area contributed by atoms with Crippen LogP contribution >= 0.6 is 0 Å². The number of benzene rings is 1. The van der Waals surface area contributed by atoms with Crippen LogP contribution in [-0.4, -0.2) is 37.8 Å². The summed E-state index contributed by atoms with van der Waals surface area (Å²) < 4.78 is 10.6. The van der Waals surface area contributed by atoms with Crippen LogP contribution in [0.25, 0.3) is 0 Å². The van der Waals surface area contributed by atoms with Crippen molar-refractivity contribution in [1.29, 1.82) is 0 Å². The molecule has 7 nitrogen and oxygen atoms in total. The molecule has 0 saturated heterocycles. The standard InChI is InChI=1S/C17H25N5O2/c1-5-6-9-22(2)17-15(18)16(19-11-20-17)21-13-8-7-12(23-3)10-14(13)24-4/h7-8,10-11H,5-6,9,18H2,1-4H3,(H,19,20,21). The van der Waals surface area contributed by atoms with Crippen molar-refractivity contribution in [2.24, 2.45) is 0 Å². The molecule has 2 rings (SSSR count). The molecule has 0 fully saturated rings. The van der Waals surface area contributed by atoms with E-state index in [1.54, 1.807) is 20.3 Å². The molecule has 3 N–H and O–H groups in total. The third-order valence-corrected chi connectivity index (χ3v) is 3.73. The maximum absolute atomic E-state index is 6.26. The summed E-state index contributed by atoms with van der Waals surface area (Å²) in [7, 11) is 5.20. The highest BCUT2D eigenvalue weighted by Gasteiger charge is 2.14. The zero-order valence-corrected chi connectivity index (χ0v) is 14.7. The molecule has 130 valence electrons. The van der Waals surface area contributed by atoms with Gasteiger partial charge in [0.05, 0.1) is 19.9 Å². The summed E-state index contributed by atoms with van der Waals surface area (Å²) in [5.41, 5.74) is 7.52. The highest BCUT2D eigenvalue weighted by atomic mass is 16.5. The minimum absolute atomic E-state index is 0.508. The van der Waals surface area contributed by atoms with Crippen LogP contribution in [0.1, 0.15) is 19.8 Å². The molecule has 0 aliphatic rings. The van der Waals surface area contributed by atoms with Gasteiger partial charge in [-0.2, -0.15) is 0 Å². The van der Waals surface area contributed by atoms with E-state index in [4.69, 9.17) is 15.2 Å². The maximum atomic E-state index is 6.26. The number of nitrogens with one attached hydrogen (secondary N) is 1. The molecular formula is C17H25N5O2. The fourth-order valence-electron chi connectivity index (χ4n) is 2.32. The fourth-order valence-corrected chi connectivity index (χ4v) is 2.32. The highest BCUT2D eigenvalue weighted by Crippen LogP contribution is 2.34. The number of unbranched alkanes of at least 4 members (excludes halogenated alkanes) is 1. The van der Waals surface area contributed by atoms with Crippen molar-refractivity contribution in [2.75, 3.05) is 43.8 Å². The van der Waals surface area contributed by atoms with Gasteiger partial charge in [0.15, 0.2) is 11.6 Å². The summed E-state index contributed by atoms with van der Waals surface area (Å²) in [6.07, 6.45) is 3.70. The molecule has 1 aromatic carbocycles. The molecule has 0 spiro atoms. The van der Waals surface area contributed by atoms with E-state index >= 15 is 0 Å². The fraction of sp³-hybridized carbons (Fsp3) is 0.412. The first-order valence-electron chi connectivity index (χ1n) is 7.91. The summed E-state index contributed by atoms with van der Waals surface area (Å²) >= 11 is 0. The average molecular weight is 331 g/mol. The molecule has 0 amide bonds. The first kappa shape index (κ1) is 17.7. The summed E-state index contributed by atoms with van der Waals surface area (Å²) in [4.78, 5) is 10.6. The first-order valence-corrected chi connectivity index (χ1v) is 7.91. The van der Waals surface area contributed by atoms with Crippen molar-refractivity contribution in [3.05, 3.63) is 24.5 Å². The van der Waals surface area contributed by atoms with E-state index in [9.17, 15) is 0 Å². The Labute approximate surface area is 142 Å². The maximum Gasteiger partial charge on any atom is 0.159 e. The second-order valence-electron chi connectivity index (χ2n) is 5.43. The van der Waals surface area contributed by atoms with Gasteiger partial charge in [-0.15, -0.1) is 0 Å². The zero-order chi connectivity index (χ0) is 17.5. The van der Waals surface area contributed by atoms with Crippen molar-refractivity contribution < 1.29 is 9.47 Å². The second-order valence-corrected chi connectivity index (χ2v) is 5.43. The van der Waals surface area contributed by atoms with Gasteiger partial charge in [-0.05, 0) is 18.6 Å². The lowest BCUT2D eigenvalue weighted by Crippen LogP contribution is -2.21. The Morgan fingerprint density at radius 1 is 1.21 bits per heavy atom. The number of nitrogens with zero attached hydrogens (tertiary/aromatic N) is 3. The van der Waals surface area contributed by atoms with E-state index in [0.29, 0.717) is 28.8 Å². The van der Waals surface area contributed by atoms with Gasteiger partial charge >= 0.3 is 0 Å². The van der Waals surface area contributed by atoms with E-state index in [1.807, 2.05) is 24.1 Å². The average Bonchev–Trinajstić information content (AvgIpc) is 2.61. The summed E-state index contributed by atoms with van der Waals surface area (Å²) in [6, 6.07) is 5.50. The first-order chi connectivity index (χ1) is 11.6. The van der Waals surface area contributed by atoms with Gasteiger partial charge in [0.2, 0.25) is 0 Å². The van der Waals surface area contributed by atoms with Crippen LogP contribution in [0.2, 0.25) is 0 Å². The van der Waals surface area contributed by atoms with Crippen molar-refractivity contribution in [3.8, 4) is 11.5 Å². The Morgan fingerprint density at radius 3 is 2.67 bits per heavy atom. The van der Waals surface area contributed by atoms with Crippen molar-refractivity contribution in [1.82, 2.24) is 9.97 Å². The number of ether oxygens (including phenoxy) is 2. The normalized spacial score (nSPS) is 10.3. The Morgan fingerprint density at radius 2 is 2.00 bits per heavy atom. The zero-order valence-electron chi connectivity index (χ0n) is 14.7. The number of nitrogens with two attached hydrogens (primary N) is 1. The predicted molar refractivity (Wildman–Crippen MR) is 97.5 cm³/mol. The second kappa shape index (κ2) is 8.24. The van der Waals surface area contributed by atoms with Crippen LogP contribution in [0.3, 0.4) is 0 Å². The topological polar surface area (TPSA) is 85.5 Å². The number of anilines is 4. The van der Waals surface area contributed by atoms with Crippen molar-refractivity contribution in [2.45, 2.75) is 19.8 Å². The smallest absolute Gasteiger partial charge is 0.159 e. The van der Waals surface area contributed by atoms with Crippen molar-refractivity contribution in [3.63, 3.8) is 0 Å². The Hall–Kier alpha value is -2.70. The molecule has 0 saturated carbocycles. The number of methoxy groups -OCH3 is 2. The van der Waals surface area contributed by atoms with Gasteiger partial charge in [0, 0.05) is 19.7 Å². The van der Waals surface area contributed by atoms with E-state index in [-0.39, 0.29) is 0 Å². The van der Waals surface area contributed by atoms with E-state index < -0.39 is 0 Å². The number of rotatable bonds is 8. The van der Waals surface area contributed by atoms with Crippen LogP contribution < -0.4 is 25.4 Å². The predicted octanol–water partition coefficient (Wildman–Crippen LogP) is 3.06. The molecule has 0 aliphatic carbocycles. The molecule has 24 heavy (non-hydrogen) atoms. The molecule has 0 radical (unpaired) electrons. The molecule has 1 aromatic heterocycles. The van der Waals surface area contributed by atoms with Crippen molar-refractivity contribution >= 4 is 23.0 Å². The van der Waals surface area contributed by atoms with Crippen LogP contribution in [0, 0.1) is 0 Å². The molecule has 0 bridgehead atoms. The summed E-state index contributed by atoms with van der Waals surface area (Å²) in [5, 5.41) is 3.21. The van der Waals surface area contributed by atoms with Crippen LogP contribution in [0.4, 0.5) is 23.0 Å². The Bertz CT molecular complexity index is 678. The Balaban J connectivity index is 2.27. The van der Waals surface area contributed by atoms with E-state index in [1.165, 1.54) is 6.33 Å². The van der Waals surface area contributed by atoms with Gasteiger partial charge in [0.1, 0.15) is 23.5 Å². The Kier molecular flexibility index (Phi) is 6.06. The number of hydrogen-bond donors (Lipinski definition) is 2. The summed E-state index contributed by atoms with van der Waals surface area (Å²) in [5.74, 6) is 2.63. The molecule has 0 unspecified atom stereocenters. The van der Waals surface area contributed by atoms with Crippen LogP contribution in [-0.2, 0) is 0 Å². The van der Waals surface area contributed by atoms with Gasteiger partial charge in [-0.25, -0.2) is 9.97 Å². The molecule has 0 atom stereocenters. The number of hydrogen-bond acceptors (Lipinski definition) is 7. The van der Waals surface area contributed by atoms with Gasteiger partial charge in [0.25, 0.3) is 0 Å². The molecular weight excluding hydrogens is 306 g/mol. The SMILES string of the molecule is CCCCN(C)c1ncnc(Nc2ccc(OC)cc2OC)c1N. The van der Waals surface area contributed by atoms with Crippen LogP contribution in [0.15, 0.2) is 24.5 Å². The molecule has 7 heteroatoms. The number of nitrogen functional groups attached to an aromatic ring is 1. The lowest BCUT2D eigenvalue weighted by Gasteiger charge is -2.21. The lowest BCUT2D eigenvalue weighted by molar-refractivity contribution is 0.395. The van der Waals surface area contributed by atoms with Gasteiger partial charge in [-0.1, -0.05) is 13.3 Å². The third kappa shape index (κ3) is 3.98.